The summed E-state index contributed by atoms with van der Waals surface area (Å²) in [5.74, 6) is 0.593. The molecule has 0 aliphatic carbocycles. The lowest BCUT2D eigenvalue weighted by atomic mass is 10.1. The Morgan fingerprint density at radius 1 is 1.38 bits per heavy atom. The van der Waals surface area contributed by atoms with Crippen molar-refractivity contribution in [3.05, 3.63) is 51.7 Å². The Hall–Kier alpha value is -1.26. The van der Waals surface area contributed by atoms with E-state index in [2.05, 4.69) is 20.2 Å². The van der Waals surface area contributed by atoms with E-state index in [4.69, 9.17) is 4.74 Å². The number of hydrogen-bond acceptors (Lipinski definition) is 4. The minimum absolute atomic E-state index is 0. The predicted octanol–water partition coefficient (Wildman–Crippen LogP) is 3.75. The average Bonchev–Trinajstić information content (AvgIpc) is 3.01. The van der Waals surface area contributed by atoms with Gasteiger partial charge in [0.2, 0.25) is 0 Å². The van der Waals surface area contributed by atoms with E-state index in [0.29, 0.717) is 13.1 Å². The van der Waals surface area contributed by atoms with Crippen molar-refractivity contribution in [1.82, 2.24) is 15.2 Å². The second-order valence-electron chi connectivity index (χ2n) is 6.18. The summed E-state index contributed by atoms with van der Waals surface area (Å²) in [5, 5.41) is 6.46. The summed E-state index contributed by atoms with van der Waals surface area (Å²) in [6.07, 6.45) is -0.0468. The number of ether oxygens (including phenoxy) is 1. The molecule has 8 heteroatoms. The van der Waals surface area contributed by atoms with Gasteiger partial charge in [-0.2, -0.15) is 0 Å². The maximum Gasteiger partial charge on any atom is 0.194 e. The van der Waals surface area contributed by atoms with E-state index >= 15 is 0 Å². The summed E-state index contributed by atoms with van der Waals surface area (Å²) in [5.41, 5.74) is 2.01. The number of nitrogens with one attached hydrogen (secondary N) is 1. The van der Waals surface area contributed by atoms with Crippen LogP contribution in [0.25, 0.3) is 0 Å². The highest BCUT2D eigenvalue weighted by Gasteiger charge is 2.28. The van der Waals surface area contributed by atoms with Gasteiger partial charge in [-0.05, 0) is 31.5 Å². The quantitative estimate of drug-likeness (QED) is 0.405. The van der Waals surface area contributed by atoms with Gasteiger partial charge in [0.15, 0.2) is 5.96 Å². The van der Waals surface area contributed by atoms with Crippen LogP contribution in [-0.4, -0.2) is 42.1 Å². The largest absolute Gasteiger partial charge is 0.367 e. The maximum atomic E-state index is 13.2. The molecule has 26 heavy (non-hydrogen) atoms. The van der Waals surface area contributed by atoms with Crippen molar-refractivity contribution in [2.45, 2.75) is 32.6 Å². The van der Waals surface area contributed by atoms with Crippen molar-refractivity contribution in [3.63, 3.8) is 0 Å². The summed E-state index contributed by atoms with van der Waals surface area (Å²) >= 11 is 1.64. The third-order valence-corrected chi connectivity index (χ3v) is 5.04. The SMILES string of the molecule is CN=C(NCc1nc(C)cs1)N1CC(C)OC(c2ccc(F)cc2)C1.I. The van der Waals surface area contributed by atoms with Gasteiger partial charge in [0, 0.05) is 24.7 Å². The van der Waals surface area contributed by atoms with Gasteiger partial charge in [-0.3, -0.25) is 4.99 Å². The molecule has 0 amide bonds. The van der Waals surface area contributed by atoms with Crippen LogP contribution in [0.2, 0.25) is 0 Å². The number of aryl methyl sites for hydroxylation is 1. The number of aromatic nitrogens is 1. The molecule has 2 unspecified atom stereocenters. The molecule has 1 aromatic heterocycles. The summed E-state index contributed by atoms with van der Waals surface area (Å²) < 4.78 is 19.2. The number of nitrogens with zero attached hydrogens (tertiary/aromatic N) is 3. The van der Waals surface area contributed by atoms with Crippen LogP contribution < -0.4 is 5.32 Å². The summed E-state index contributed by atoms with van der Waals surface area (Å²) in [7, 11) is 1.78. The highest BCUT2D eigenvalue weighted by Crippen LogP contribution is 2.25. The Kier molecular flexibility index (Phi) is 7.78. The standard InChI is InChI=1S/C18H23FN4OS.HI/c1-12-11-25-17(22-12)8-21-18(20-3)23-9-13(2)24-16(10-23)14-4-6-15(19)7-5-14;/h4-7,11,13,16H,8-10H2,1-3H3,(H,20,21);1H. The number of thiazole rings is 1. The Morgan fingerprint density at radius 3 is 2.73 bits per heavy atom. The van der Waals surface area contributed by atoms with Crippen LogP contribution in [0, 0.1) is 12.7 Å². The molecule has 1 fully saturated rings. The molecule has 142 valence electrons. The van der Waals surface area contributed by atoms with Crippen LogP contribution in [0.15, 0.2) is 34.6 Å². The van der Waals surface area contributed by atoms with E-state index in [1.807, 2.05) is 19.2 Å². The zero-order valence-electron chi connectivity index (χ0n) is 15.1. The Bertz CT molecular complexity index is 737. The molecule has 1 saturated heterocycles. The van der Waals surface area contributed by atoms with Crippen LogP contribution in [0.1, 0.15) is 29.3 Å². The van der Waals surface area contributed by atoms with E-state index in [1.54, 1.807) is 30.5 Å². The first kappa shape index (κ1) is 21.0. The van der Waals surface area contributed by atoms with Crippen molar-refractivity contribution < 1.29 is 9.13 Å². The van der Waals surface area contributed by atoms with Crippen LogP contribution >= 0.6 is 35.3 Å². The van der Waals surface area contributed by atoms with E-state index in [9.17, 15) is 4.39 Å². The van der Waals surface area contributed by atoms with Crippen LogP contribution in [0.5, 0.6) is 0 Å². The van der Waals surface area contributed by atoms with E-state index in [-0.39, 0.29) is 42.0 Å². The predicted molar refractivity (Wildman–Crippen MR) is 114 cm³/mol. The number of hydrogen-bond donors (Lipinski definition) is 1. The van der Waals surface area contributed by atoms with Crippen molar-refractivity contribution in [2.75, 3.05) is 20.1 Å². The molecule has 1 aliphatic rings. The number of benzene rings is 1. The molecule has 0 saturated carbocycles. The van der Waals surface area contributed by atoms with Crippen LogP contribution in [0.3, 0.4) is 0 Å². The zero-order chi connectivity index (χ0) is 17.8. The number of rotatable bonds is 3. The smallest absolute Gasteiger partial charge is 0.194 e. The number of morpholine rings is 1. The van der Waals surface area contributed by atoms with E-state index in [1.165, 1.54) is 12.1 Å². The monoisotopic (exact) mass is 490 g/mol. The first-order valence-electron chi connectivity index (χ1n) is 8.32. The topological polar surface area (TPSA) is 49.8 Å². The van der Waals surface area contributed by atoms with Crippen LogP contribution in [0.4, 0.5) is 4.39 Å². The highest BCUT2D eigenvalue weighted by atomic mass is 127. The minimum atomic E-state index is -0.235. The first-order valence-corrected chi connectivity index (χ1v) is 9.20. The normalized spacial score (nSPS) is 20.6. The fourth-order valence-electron chi connectivity index (χ4n) is 2.96. The second kappa shape index (κ2) is 9.61. The molecule has 2 heterocycles. The Morgan fingerprint density at radius 2 is 2.12 bits per heavy atom. The van der Waals surface area contributed by atoms with E-state index in [0.717, 1.165) is 28.8 Å². The third kappa shape index (κ3) is 5.37. The first-order chi connectivity index (χ1) is 12.0. The summed E-state index contributed by atoms with van der Waals surface area (Å²) in [6.45, 7) is 6.12. The zero-order valence-corrected chi connectivity index (χ0v) is 18.3. The molecule has 1 N–H and O–H groups in total. The molecule has 1 aliphatic heterocycles. The molecule has 2 atom stereocenters. The lowest BCUT2D eigenvalue weighted by Crippen LogP contribution is -2.50. The van der Waals surface area contributed by atoms with Crippen molar-refractivity contribution in [1.29, 1.82) is 0 Å². The van der Waals surface area contributed by atoms with Gasteiger partial charge >= 0.3 is 0 Å². The highest BCUT2D eigenvalue weighted by molar-refractivity contribution is 14.0. The van der Waals surface area contributed by atoms with Crippen molar-refractivity contribution in [3.8, 4) is 0 Å². The van der Waals surface area contributed by atoms with Gasteiger partial charge in [0.1, 0.15) is 16.9 Å². The second-order valence-corrected chi connectivity index (χ2v) is 7.12. The van der Waals surface area contributed by atoms with Gasteiger partial charge < -0.3 is 15.0 Å². The molecule has 0 radical (unpaired) electrons. The van der Waals surface area contributed by atoms with Crippen molar-refractivity contribution >= 4 is 41.3 Å². The number of aliphatic imine (C=N–C) groups is 1. The number of halogens is 2. The Balaban J connectivity index is 0.00000243. The fraction of sp³-hybridized carbons (Fsp3) is 0.444. The number of guanidine groups is 1. The van der Waals surface area contributed by atoms with Gasteiger partial charge in [0.25, 0.3) is 0 Å². The summed E-state index contributed by atoms with van der Waals surface area (Å²) in [6, 6.07) is 6.51. The molecule has 0 bridgehead atoms. The molecule has 0 spiro atoms. The Labute approximate surface area is 174 Å². The van der Waals surface area contributed by atoms with Gasteiger partial charge in [0.05, 0.1) is 19.2 Å². The van der Waals surface area contributed by atoms with Gasteiger partial charge in [-0.1, -0.05) is 12.1 Å². The molecule has 2 aromatic rings. The van der Waals surface area contributed by atoms with E-state index < -0.39 is 0 Å². The van der Waals surface area contributed by atoms with Crippen LogP contribution in [-0.2, 0) is 11.3 Å². The van der Waals surface area contributed by atoms with Crippen molar-refractivity contribution in [2.24, 2.45) is 4.99 Å². The summed E-state index contributed by atoms with van der Waals surface area (Å²) in [4.78, 5) is 11.1. The minimum Gasteiger partial charge on any atom is -0.367 e. The molecule has 3 rings (SSSR count). The maximum absolute atomic E-state index is 13.2. The lowest BCUT2D eigenvalue weighted by Gasteiger charge is -2.38. The molecular formula is C18H24FIN4OS. The molecule has 1 aromatic carbocycles. The third-order valence-electron chi connectivity index (χ3n) is 4.08. The molecule has 5 nitrogen and oxygen atoms in total. The van der Waals surface area contributed by atoms with Gasteiger partial charge in [-0.15, -0.1) is 35.3 Å². The lowest BCUT2D eigenvalue weighted by molar-refractivity contribution is -0.0605. The van der Waals surface area contributed by atoms with Gasteiger partial charge in [-0.25, -0.2) is 9.37 Å². The average molecular weight is 490 g/mol. The fourth-order valence-corrected chi connectivity index (χ4v) is 3.67. The molecular weight excluding hydrogens is 466 g/mol.